The van der Waals surface area contributed by atoms with Crippen LogP contribution in [0.15, 0.2) is 29.2 Å². The first-order chi connectivity index (χ1) is 9.08. The highest BCUT2D eigenvalue weighted by Crippen LogP contribution is 2.27. The molecule has 0 aliphatic heterocycles. The van der Waals surface area contributed by atoms with Crippen molar-refractivity contribution in [1.29, 1.82) is 0 Å². The summed E-state index contributed by atoms with van der Waals surface area (Å²) in [6, 6.07) is 5.63. The van der Waals surface area contributed by atoms with E-state index in [1.807, 2.05) is 24.4 Å². The van der Waals surface area contributed by atoms with E-state index >= 15 is 0 Å². The van der Waals surface area contributed by atoms with Crippen molar-refractivity contribution in [3.05, 3.63) is 51.2 Å². The molecule has 3 N–H and O–H groups in total. The molecule has 0 fully saturated rings. The summed E-state index contributed by atoms with van der Waals surface area (Å²) in [5.74, 6) is -0.0404. The average Bonchev–Trinajstić information content (AvgIpc) is 2.90. The Hall–Kier alpha value is -2.14. The zero-order valence-electron chi connectivity index (χ0n) is 10.2. The summed E-state index contributed by atoms with van der Waals surface area (Å²) in [7, 11) is 1.52. The predicted octanol–water partition coefficient (Wildman–Crippen LogP) is 2.14. The molecule has 0 bridgehead atoms. The maximum atomic E-state index is 11.4. The zero-order chi connectivity index (χ0) is 13.6. The van der Waals surface area contributed by atoms with Gasteiger partial charge in [-0.05, 0) is 11.6 Å². The first-order valence-corrected chi connectivity index (χ1v) is 6.17. The van der Waals surface area contributed by atoms with Gasteiger partial charge in [0, 0.05) is 25.1 Å². The molecule has 1 aromatic carbocycles. The highest BCUT2D eigenvalue weighted by Gasteiger charge is 2.13. The summed E-state index contributed by atoms with van der Waals surface area (Å²) in [4.78, 5) is 17.2. The first-order valence-electron chi connectivity index (χ1n) is 5.79. The first kappa shape index (κ1) is 11.9. The van der Waals surface area contributed by atoms with Crippen molar-refractivity contribution in [2.75, 3.05) is 0 Å². The van der Waals surface area contributed by atoms with Crippen LogP contribution in [0.4, 0.5) is 0 Å². The molecule has 0 atom stereocenters. The van der Waals surface area contributed by atoms with E-state index in [0.717, 1.165) is 16.5 Å². The van der Waals surface area contributed by atoms with Crippen molar-refractivity contribution in [3.8, 4) is 5.88 Å². The standard InChI is InChI=1S/C13H12ClN3O2/c1-17-12(18)10(16-13(17)19)5-7-6-15-11-8(7)3-2-4-9(11)14/h2-4,6,15,18H,5H2,1H3,(H,16,19). The second-order valence-corrected chi connectivity index (χ2v) is 4.85. The number of H-pyrrole nitrogens is 2. The van der Waals surface area contributed by atoms with E-state index in [0.29, 0.717) is 17.1 Å². The number of fused-ring (bicyclic) bond motifs is 1. The smallest absolute Gasteiger partial charge is 0.328 e. The third-order valence-corrected chi connectivity index (χ3v) is 3.58. The van der Waals surface area contributed by atoms with Crippen molar-refractivity contribution >= 4 is 22.5 Å². The van der Waals surface area contributed by atoms with Gasteiger partial charge in [0.1, 0.15) is 0 Å². The molecule has 6 heteroatoms. The number of imidazole rings is 1. The van der Waals surface area contributed by atoms with Gasteiger partial charge in [-0.2, -0.15) is 0 Å². The molecule has 2 aromatic heterocycles. The number of hydrogen-bond donors (Lipinski definition) is 3. The summed E-state index contributed by atoms with van der Waals surface area (Å²) >= 11 is 6.09. The van der Waals surface area contributed by atoms with Gasteiger partial charge in [-0.15, -0.1) is 0 Å². The fourth-order valence-electron chi connectivity index (χ4n) is 2.20. The van der Waals surface area contributed by atoms with Gasteiger partial charge in [-0.1, -0.05) is 23.7 Å². The molecular weight excluding hydrogens is 266 g/mol. The van der Waals surface area contributed by atoms with Crippen molar-refractivity contribution in [2.45, 2.75) is 6.42 Å². The number of nitrogens with zero attached hydrogens (tertiary/aromatic N) is 1. The van der Waals surface area contributed by atoms with E-state index in [-0.39, 0.29) is 11.6 Å². The van der Waals surface area contributed by atoms with Gasteiger partial charge in [0.15, 0.2) is 0 Å². The molecular formula is C13H12ClN3O2. The number of hydrogen-bond acceptors (Lipinski definition) is 2. The van der Waals surface area contributed by atoms with Crippen LogP contribution in [0.2, 0.25) is 5.02 Å². The lowest BCUT2D eigenvalue weighted by atomic mass is 10.1. The van der Waals surface area contributed by atoms with Gasteiger partial charge in [0.25, 0.3) is 0 Å². The second kappa shape index (κ2) is 4.20. The number of nitrogens with one attached hydrogen (secondary N) is 2. The van der Waals surface area contributed by atoms with E-state index < -0.39 is 0 Å². The quantitative estimate of drug-likeness (QED) is 0.671. The SMILES string of the molecule is Cn1c(O)c(Cc2c[nH]c3c(Cl)cccc23)[nH]c1=O. The molecule has 5 nitrogen and oxygen atoms in total. The Morgan fingerprint density at radius 1 is 1.42 bits per heavy atom. The number of rotatable bonds is 2. The molecule has 19 heavy (non-hydrogen) atoms. The molecule has 0 aliphatic rings. The minimum absolute atomic E-state index is 0.0404. The Bertz CT molecular complexity index is 813. The minimum Gasteiger partial charge on any atom is -0.493 e. The van der Waals surface area contributed by atoms with Crippen LogP contribution < -0.4 is 5.69 Å². The van der Waals surface area contributed by atoms with Crippen LogP contribution in [-0.2, 0) is 13.5 Å². The van der Waals surface area contributed by atoms with Gasteiger partial charge in [-0.25, -0.2) is 4.79 Å². The number of para-hydroxylation sites is 1. The number of aromatic nitrogens is 3. The minimum atomic E-state index is -0.328. The van der Waals surface area contributed by atoms with E-state index in [1.165, 1.54) is 11.6 Å². The van der Waals surface area contributed by atoms with Gasteiger partial charge in [0.2, 0.25) is 5.88 Å². The Labute approximate surface area is 113 Å². The fraction of sp³-hybridized carbons (Fsp3) is 0.154. The van der Waals surface area contributed by atoms with Crippen LogP contribution in [0.25, 0.3) is 10.9 Å². The molecule has 0 saturated carbocycles. The molecule has 0 amide bonds. The lowest BCUT2D eigenvalue weighted by Crippen LogP contribution is -2.11. The van der Waals surface area contributed by atoms with Gasteiger partial charge < -0.3 is 15.1 Å². The van der Waals surface area contributed by atoms with Crippen molar-refractivity contribution in [1.82, 2.24) is 14.5 Å². The molecule has 0 aliphatic carbocycles. The van der Waals surface area contributed by atoms with Gasteiger partial charge in [0.05, 0.1) is 16.2 Å². The summed E-state index contributed by atoms with van der Waals surface area (Å²) in [6.45, 7) is 0. The zero-order valence-corrected chi connectivity index (χ0v) is 11.0. The van der Waals surface area contributed by atoms with Gasteiger partial charge in [-0.3, -0.25) is 4.57 Å². The fourth-order valence-corrected chi connectivity index (χ4v) is 2.43. The Morgan fingerprint density at radius 2 is 2.21 bits per heavy atom. The topological polar surface area (TPSA) is 73.8 Å². The van der Waals surface area contributed by atoms with Crippen molar-refractivity contribution in [2.24, 2.45) is 7.05 Å². The van der Waals surface area contributed by atoms with E-state index in [1.54, 1.807) is 0 Å². The molecule has 98 valence electrons. The lowest BCUT2D eigenvalue weighted by molar-refractivity contribution is 0.424. The Balaban J connectivity index is 2.09. The number of aromatic amines is 2. The van der Waals surface area contributed by atoms with E-state index in [2.05, 4.69) is 9.97 Å². The second-order valence-electron chi connectivity index (χ2n) is 4.44. The lowest BCUT2D eigenvalue weighted by Gasteiger charge is -1.99. The van der Waals surface area contributed by atoms with E-state index in [9.17, 15) is 9.90 Å². The monoisotopic (exact) mass is 277 g/mol. The maximum Gasteiger partial charge on any atom is 0.328 e. The van der Waals surface area contributed by atoms with Crippen LogP contribution in [0, 0.1) is 0 Å². The third-order valence-electron chi connectivity index (χ3n) is 3.27. The van der Waals surface area contributed by atoms with Crippen molar-refractivity contribution < 1.29 is 5.11 Å². The molecule has 0 saturated heterocycles. The molecule has 3 rings (SSSR count). The highest BCUT2D eigenvalue weighted by molar-refractivity contribution is 6.35. The Kier molecular flexibility index (Phi) is 2.64. The average molecular weight is 278 g/mol. The molecule has 3 aromatic rings. The third kappa shape index (κ3) is 1.82. The maximum absolute atomic E-state index is 11.4. The summed E-state index contributed by atoms with van der Waals surface area (Å²) < 4.78 is 1.18. The summed E-state index contributed by atoms with van der Waals surface area (Å²) in [5, 5.41) is 11.5. The normalized spacial score (nSPS) is 11.3. The van der Waals surface area contributed by atoms with Crippen LogP contribution in [0.1, 0.15) is 11.3 Å². The number of aromatic hydroxyl groups is 1. The van der Waals surface area contributed by atoms with Crippen LogP contribution in [0.3, 0.4) is 0 Å². The Morgan fingerprint density at radius 3 is 2.89 bits per heavy atom. The van der Waals surface area contributed by atoms with Crippen LogP contribution in [-0.4, -0.2) is 19.6 Å². The molecule has 0 radical (unpaired) electrons. The van der Waals surface area contributed by atoms with Crippen molar-refractivity contribution in [3.63, 3.8) is 0 Å². The summed E-state index contributed by atoms with van der Waals surface area (Å²) in [6.07, 6.45) is 2.27. The molecule has 2 heterocycles. The van der Waals surface area contributed by atoms with Gasteiger partial charge >= 0.3 is 5.69 Å². The largest absolute Gasteiger partial charge is 0.493 e. The van der Waals surface area contributed by atoms with Crippen LogP contribution in [0.5, 0.6) is 5.88 Å². The number of benzene rings is 1. The number of halogens is 1. The molecule has 0 spiro atoms. The van der Waals surface area contributed by atoms with Crippen LogP contribution >= 0.6 is 11.6 Å². The van der Waals surface area contributed by atoms with E-state index in [4.69, 9.17) is 11.6 Å². The summed E-state index contributed by atoms with van der Waals surface area (Å²) in [5.41, 5.74) is 1.99. The predicted molar refractivity (Wildman–Crippen MR) is 73.8 cm³/mol. The highest BCUT2D eigenvalue weighted by atomic mass is 35.5. The molecule has 0 unspecified atom stereocenters.